The van der Waals surface area contributed by atoms with Crippen LogP contribution in [0.2, 0.25) is 0 Å². The molecule has 0 radical (unpaired) electrons. The maximum absolute atomic E-state index is 11.1. The second kappa shape index (κ2) is 6.62. The summed E-state index contributed by atoms with van der Waals surface area (Å²) in [6.45, 7) is -0.279. The Morgan fingerprint density at radius 1 is 1.44 bits per heavy atom. The number of hydrogen-bond acceptors (Lipinski definition) is 4. The first-order valence-electron chi connectivity index (χ1n) is 4.77. The van der Waals surface area contributed by atoms with E-state index in [0.717, 1.165) is 5.76 Å². The number of aliphatic carboxylic acids is 1. The van der Waals surface area contributed by atoms with Crippen LogP contribution in [0.4, 0.5) is 0 Å². The molecule has 2 N–H and O–H groups in total. The van der Waals surface area contributed by atoms with Gasteiger partial charge in [0.25, 0.3) is 0 Å². The summed E-state index contributed by atoms with van der Waals surface area (Å²) in [6.07, 6.45) is 2.16. The summed E-state index contributed by atoms with van der Waals surface area (Å²) in [5.74, 6) is -0.650. The van der Waals surface area contributed by atoms with E-state index in [0.29, 0.717) is 13.0 Å². The number of carbonyl (C=O) groups excluding carboxylic acids is 1. The Morgan fingerprint density at radius 3 is 2.88 bits per heavy atom. The van der Waals surface area contributed by atoms with Crippen LogP contribution in [0, 0.1) is 0 Å². The first-order valence-corrected chi connectivity index (χ1v) is 4.77. The van der Waals surface area contributed by atoms with Crippen molar-refractivity contribution < 1.29 is 23.8 Å². The molecule has 16 heavy (non-hydrogen) atoms. The Bertz CT molecular complexity index is 333. The molecule has 0 aliphatic heterocycles. The summed E-state index contributed by atoms with van der Waals surface area (Å²) >= 11 is 0. The lowest BCUT2D eigenvalue weighted by Crippen LogP contribution is -2.30. The topological polar surface area (TPSA) is 88.8 Å². The second-order valence-electron chi connectivity index (χ2n) is 3.07. The highest BCUT2D eigenvalue weighted by atomic mass is 16.5. The van der Waals surface area contributed by atoms with E-state index < -0.39 is 12.6 Å². The number of furan rings is 1. The minimum absolute atomic E-state index is 0.246. The molecular formula is C10H13NO5. The molecular weight excluding hydrogens is 214 g/mol. The van der Waals surface area contributed by atoms with Crippen LogP contribution >= 0.6 is 0 Å². The summed E-state index contributed by atoms with van der Waals surface area (Å²) < 4.78 is 9.68. The van der Waals surface area contributed by atoms with Gasteiger partial charge in [-0.1, -0.05) is 0 Å². The van der Waals surface area contributed by atoms with Gasteiger partial charge in [-0.25, -0.2) is 4.79 Å². The van der Waals surface area contributed by atoms with E-state index in [1.54, 1.807) is 12.3 Å². The summed E-state index contributed by atoms with van der Waals surface area (Å²) in [5, 5.41) is 10.8. The van der Waals surface area contributed by atoms with Gasteiger partial charge in [0.2, 0.25) is 5.91 Å². The molecule has 88 valence electrons. The van der Waals surface area contributed by atoms with Crippen LogP contribution in [0.15, 0.2) is 22.8 Å². The average molecular weight is 227 g/mol. The van der Waals surface area contributed by atoms with Crippen LogP contribution in [-0.2, 0) is 20.7 Å². The molecule has 1 aromatic rings. The maximum atomic E-state index is 11.1. The van der Waals surface area contributed by atoms with Crippen LogP contribution in [0.5, 0.6) is 0 Å². The molecule has 0 saturated heterocycles. The molecule has 0 aliphatic carbocycles. The lowest BCUT2D eigenvalue weighted by atomic mass is 10.3. The number of carbonyl (C=O) groups is 2. The number of amides is 1. The minimum Gasteiger partial charge on any atom is -0.480 e. The highest BCUT2D eigenvalue weighted by Crippen LogP contribution is 1.99. The lowest BCUT2D eigenvalue weighted by molar-refractivity contribution is -0.143. The molecule has 1 aromatic heterocycles. The maximum Gasteiger partial charge on any atom is 0.329 e. The average Bonchev–Trinajstić information content (AvgIpc) is 2.70. The molecule has 6 heteroatoms. The Hall–Kier alpha value is -1.82. The second-order valence-corrected chi connectivity index (χ2v) is 3.07. The van der Waals surface area contributed by atoms with Gasteiger partial charge < -0.3 is 19.6 Å². The number of ether oxygens (including phenoxy) is 1. The van der Waals surface area contributed by atoms with Crippen molar-refractivity contribution in [2.45, 2.75) is 6.42 Å². The molecule has 6 nitrogen and oxygen atoms in total. The van der Waals surface area contributed by atoms with Crippen LogP contribution in [-0.4, -0.2) is 36.7 Å². The quantitative estimate of drug-likeness (QED) is 0.686. The van der Waals surface area contributed by atoms with E-state index in [9.17, 15) is 9.59 Å². The zero-order valence-corrected chi connectivity index (χ0v) is 8.64. The first-order chi connectivity index (χ1) is 7.68. The van der Waals surface area contributed by atoms with Crippen LogP contribution in [0.3, 0.4) is 0 Å². The van der Waals surface area contributed by atoms with Crippen molar-refractivity contribution in [3.8, 4) is 0 Å². The molecule has 0 aromatic carbocycles. The Balaban J connectivity index is 2.04. The van der Waals surface area contributed by atoms with Gasteiger partial charge in [0.15, 0.2) is 0 Å². The zero-order chi connectivity index (χ0) is 11.8. The van der Waals surface area contributed by atoms with E-state index in [-0.39, 0.29) is 12.5 Å². The van der Waals surface area contributed by atoms with Crippen molar-refractivity contribution in [1.29, 1.82) is 0 Å². The number of carboxylic acids is 1. The van der Waals surface area contributed by atoms with Gasteiger partial charge in [0.1, 0.15) is 19.0 Å². The SMILES string of the molecule is O=C(O)COCC(=O)NCCc1ccco1. The van der Waals surface area contributed by atoms with Gasteiger partial charge in [-0.15, -0.1) is 0 Å². The Kier molecular flexibility index (Phi) is 5.07. The summed E-state index contributed by atoms with van der Waals surface area (Å²) in [5.41, 5.74) is 0. The molecule has 1 amide bonds. The van der Waals surface area contributed by atoms with Crippen molar-refractivity contribution in [2.75, 3.05) is 19.8 Å². The highest BCUT2D eigenvalue weighted by molar-refractivity contribution is 5.77. The molecule has 0 bridgehead atoms. The van der Waals surface area contributed by atoms with Crippen molar-refractivity contribution in [3.63, 3.8) is 0 Å². The third kappa shape index (κ3) is 5.16. The van der Waals surface area contributed by atoms with Gasteiger partial charge in [-0.05, 0) is 12.1 Å². The van der Waals surface area contributed by atoms with Crippen LogP contribution in [0.25, 0.3) is 0 Å². The molecule has 0 atom stereocenters. The molecule has 1 rings (SSSR count). The van der Waals surface area contributed by atoms with Gasteiger partial charge in [0, 0.05) is 13.0 Å². The largest absolute Gasteiger partial charge is 0.480 e. The minimum atomic E-state index is -1.09. The monoisotopic (exact) mass is 227 g/mol. The standard InChI is InChI=1S/C10H13NO5/c12-9(6-15-7-10(13)14)11-4-3-8-2-1-5-16-8/h1-2,5H,3-4,6-7H2,(H,11,12)(H,13,14). The van der Waals surface area contributed by atoms with Crippen molar-refractivity contribution in [1.82, 2.24) is 5.32 Å². The normalized spacial score (nSPS) is 10.0. The van der Waals surface area contributed by atoms with E-state index in [1.807, 2.05) is 6.07 Å². The third-order valence-electron chi connectivity index (χ3n) is 1.73. The Labute approximate surface area is 92.2 Å². The number of carboxylic acid groups (broad SMARTS) is 1. The van der Waals surface area contributed by atoms with Crippen molar-refractivity contribution in [2.24, 2.45) is 0 Å². The Morgan fingerprint density at radius 2 is 2.25 bits per heavy atom. The number of hydrogen-bond donors (Lipinski definition) is 2. The number of nitrogens with one attached hydrogen (secondary N) is 1. The van der Waals surface area contributed by atoms with E-state index in [4.69, 9.17) is 9.52 Å². The molecule has 0 saturated carbocycles. The molecule has 0 spiro atoms. The highest BCUT2D eigenvalue weighted by Gasteiger charge is 2.03. The lowest BCUT2D eigenvalue weighted by Gasteiger charge is -2.03. The van der Waals surface area contributed by atoms with E-state index >= 15 is 0 Å². The fourth-order valence-corrected chi connectivity index (χ4v) is 1.06. The first kappa shape index (κ1) is 12.3. The fraction of sp³-hybridized carbons (Fsp3) is 0.400. The predicted molar refractivity (Wildman–Crippen MR) is 53.9 cm³/mol. The molecule has 0 fully saturated rings. The summed E-state index contributed by atoms with van der Waals surface area (Å²) in [4.78, 5) is 21.2. The summed E-state index contributed by atoms with van der Waals surface area (Å²) in [6, 6.07) is 3.58. The smallest absolute Gasteiger partial charge is 0.329 e. The molecule has 0 aliphatic rings. The van der Waals surface area contributed by atoms with Crippen LogP contribution < -0.4 is 5.32 Å². The van der Waals surface area contributed by atoms with Gasteiger partial charge in [-0.3, -0.25) is 4.79 Å². The third-order valence-corrected chi connectivity index (χ3v) is 1.73. The van der Waals surface area contributed by atoms with Crippen molar-refractivity contribution in [3.05, 3.63) is 24.2 Å². The van der Waals surface area contributed by atoms with Crippen LogP contribution in [0.1, 0.15) is 5.76 Å². The van der Waals surface area contributed by atoms with Gasteiger partial charge in [-0.2, -0.15) is 0 Å². The van der Waals surface area contributed by atoms with Gasteiger partial charge in [0.05, 0.1) is 6.26 Å². The summed E-state index contributed by atoms with van der Waals surface area (Å²) in [7, 11) is 0. The van der Waals surface area contributed by atoms with Crippen molar-refractivity contribution >= 4 is 11.9 Å². The fourth-order valence-electron chi connectivity index (χ4n) is 1.06. The van der Waals surface area contributed by atoms with E-state index in [1.165, 1.54) is 0 Å². The predicted octanol–water partition coefficient (Wildman–Crippen LogP) is 0.0395. The zero-order valence-electron chi connectivity index (χ0n) is 8.64. The molecule has 1 heterocycles. The number of rotatable bonds is 7. The molecule has 0 unspecified atom stereocenters. The van der Waals surface area contributed by atoms with Gasteiger partial charge >= 0.3 is 5.97 Å². The van der Waals surface area contributed by atoms with E-state index in [2.05, 4.69) is 10.1 Å².